The molecule has 1 atom stereocenters. The van der Waals surface area contributed by atoms with E-state index in [9.17, 15) is 5.11 Å². The molecule has 0 fully saturated rings. The van der Waals surface area contributed by atoms with E-state index in [1.54, 1.807) is 6.20 Å². The molecule has 1 aromatic carbocycles. The zero-order valence-corrected chi connectivity index (χ0v) is 9.80. The zero-order valence-electron chi connectivity index (χ0n) is 9.05. The molecule has 0 bridgehead atoms. The van der Waals surface area contributed by atoms with Crippen molar-refractivity contribution in [2.75, 3.05) is 11.9 Å². The van der Waals surface area contributed by atoms with Crippen LogP contribution in [0.25, 0.3) is 0 Å². The topological polar surface area (TPSA) is 58.0 Å². The number of aliphatic hydroxyl groups excluding tert-OH is 1. The molecule has 4 nitrogen and oxygen atoms in total. The SMILES string of the molecule is OC[C@H](Nc1nccnc1Cl)c1ccccc1. The number of nitrogens with one attached hydrogen (secondary N) is 1. The van der Waals surface area contributed by atoms with Crippen molar-refractivity contribution in [3.8, 4) is 0 Å². The minimum atomic E-state index is -0.245. The van der Waals surface area contributed by atoms with Gasteiger partial charge in [-0.15, -0.1) is 0 Å². The smallest absolute Gasteiger partial charge is 0.171 e. The van der Waals surface area contributed by atoms with Crippen molar-refractivity contribution in [1.82, 2.24) is 9.97 Å². The second-order valence-corrected chi connectivity index (χ2v) is 3.84. The lowest BCUT2D eigenvalue weighted by Gasteiger charge is -2.17. The molecule has 88 valence electrons. The van der Waals surface area contributed by atoms with Crippen molar-refractivity contribution < 1.29 is 5.11 Å². The lowest BCUT2D eigenvalue weighted by molar-refractivity contribution is 0.276. The number of rotatable bonds is 4. The molecule has 0 unspecified atom stereocenters. The van der Waals surface area contributed by atoms with Gasteiger partial charge in [-0.1, -0.05) is 41.9 Å². The Hall–Kier alpha value is -1.65. The van der Waals surface area contributed by atoms with Crippen LogP contribution >= 0.6 is 11.6 Å². The summed E-state index contributed by atoms with van der Waals surface area (Å²) in [6.45, 7) is -0.0447. The van der Waals surface area contributed by atoms with Gasteiger partial charge in [0.1, 0.15) is 0 Å². The molecule has 0 aliphatic carbocycles. The zero-order chi connectivity index (χ0) is 12.1. The van der Waals surface area contributed by atoms with Crippen molar-refractivity contribution >= 4 is 17.4 Å². The van der Waals surface area contributed by atoms with E-state index in [4.69, 9.17) is 11.6 Å². The van der Waals surface area contributed by atoms with Gasteiger partial charge in [-0.3, -0.25) is 0 Å². The molecule has 0 aliphatic heterocycles. The van der Waals surface area contributed by atoms with E-state index in [0.717, 1.165) is 5.56 Å². The summed E-state index contributed by atoms with van der Waals surface area (Å²) < 4.78 is 0. The van der Waals surface area contributed by atoms with Crippen molar-refractivity contribution in [3.05, 3.63) is 53.4 Å². The van der Waals surface area contributed by atoms with E-state index >= 15 is 0 Å². The lowest BCUT2D eigenvalue weighted by atomic mass is 10.1. The predicted octanol–water partition coefficient (Wildman–Crippen LogP) is 2.28. The minimum Gasteiger partial charge on any atom is -0.394 e. The van der Waals surface area contributed by atoms with Gasteiger partial charge in [0.2, 0.25) is 0 Å². The van der Waals surface area contributed by atoms with Crippen LogP contribution < -0.4 is 5.32 Å². The van der Waals surface area contributed by atoms with Crippen molar-refractivity contribution in [2.45, 2.75) is 6.04 Å². The van der Waals surface area contributed by atoms with Gasteiger partial charge in [-0.25, -0.2) is 9.97 Å². The maximum atomic E-state index is 9.38. The maximum Gasteiger partial charge on any atom is 0.171 e. The third-order valence-corrected chi connectivity index (χ3v) is 2.63. The normalized spacial score (nSPS) is 12.1. The van der Waals surface area contributed by atoms with Crippen LogP contribution in [0.2, 0.25) is 5.15 Å². The fraction of sp³-hybridized carbons (Fsp3) is 0.167. The molecular formula is C12H12ClN3O. The largest absolute Gasteiger partial charge is 0.394 e. The minimum absolute atomic E-state index is 0.0447. The lowest BCUT2D eigenvalue weighted by Crippen LogP contribution is -2.16. The molecule has 5 heteroatoms. The van der Waals surface area contributed by atoms with Gasteiger partial charge < -0.3 is 10.4 Å². The quantitative estimate of drug-likeness (QED) is 0.873. The van der Waals surface area contributed by atoms with Crippen LogP contribution in [0, 0.1) is 0 Å². The van der Waals surface area contributed by atoms with Crippen LogP contribution in [0.1, 0.15) is 11.6 Å². The fourth-order valence-corrected chi connectivity index (χ4v) is 1.66. The first-order chi connectivity index (χ1) is 8.31. The van der Waals surface area contributed by atoms with Gasteiger partial charge in [-0.2, -0.15) is 0 Å². The molecule has 0 amide bonds. The molecule has 1 aromatic heterocycles. The summed E-state index contributed by atoms with van der Waals surface area (Å²) in [4.78, 5) is 7.99. The van der Waals surface area contributed by atoms with Crippen LogP contribution in [-0.4, -0.2) is 21.7 Å². The van der Waals surface area contributed by atoms with Crippen LogP contribution in [0.4, 0.5) is 5.82 Å². The summed E-state index contributed by atoms with van der Waals surface area (Å²) in [7, 11) is 0. The molecule has 17 heavy (non-hydrogen) atoms. The molecule has 0 spiro atoms. The summed E-state index contributed by atoms with van der Waals surface area (Å²) in [5.41, 5.74) is 0.969. The number of anilines is 1. The summed E-state index contributed by atoms with van der Waals surface area (Å²) in [6.07, 6.45) is 3.07. The maximum absolute atomic E-state index is 9.38. The Labute approximate surface area is 104 Å². The molecule has 0 aliphatic rings. The highest BCUT2D eigenvalue weighted by atomic mass is 35.5. The summed E-state index contributed by atoms with van der Waals surface area (Å²) >= 11 is 5.90. The number of aromatic nitrogens is 2. The van der Waals surface area contributed by atoms with E-state index in [2.05, 4.69) is 15.3 Å². The Morgan fingerprint density at radius 1 is 1.18 bits per heavy atom. The number of aliphatic hydroxyl groups is 1. The molecular weight excluding hydrogens is 238 g/mol. The second kappa shape index (κ2) is 5.61. The van der Waals surface area contributed by atoms with Gasteiger partial charge in [0.15, 0.2) is 11.0 Å². The summed E-state index contributed by atoms with van der Waals surface area (Å²) in [5.74, 6) is 0.470. The van der Waals surface area contributed by atoms with Crippen LogP contribution in [0.3, 0.4) is 0 Å². The number of hydrogen-bond donors (Lipinski definition) is 2. The monoisotopic (exact) mass is 249 g/mol. The van der Waals surface area contributed by atoms with Gasteiger partial charge in [0.25, 0.3) is 0 Å². The molecule has 2 rings (SSSR count). The molecule has 2 N–H and O–H groups in total. The first-order valence-corrected chi connectivity index (χ1v) is 5.58. The van der Waals surface area contributed by atoms with Crippen LogP contribution in [0.15, 0.2) is 42.7 Å². The third kappa shape index (κ3) is 2.93. The first kappa shape index (κ1) is 11.8. The fourth-order valence-electron chi connectivity index (χ4n) is 1.50. The number of halogens is 1. The molecule has 0 saturated carbocycles. The average Bonchev–Trinajstić information content (AvgIpc) is 2.39. The molecule has 1 heterocycles. The van der Waals surface area contributed by atoms with E-state index < -0.39 is 0 Å². The molecule has 0 radical (unpaired) electrons. The average molecular weight is 250 g/mol. The summed E-state index contributed by atoms with van der Waals surface area (Å²) in [5, 5.41) is 12.7. The highest BCUT2D eigenvalue weighted by molar-refractivity contribution is 6.31. The van der Waals surface area contributed by atoms with Gasteiger partial charge >= 0.3 is 0 Å². The first-order valence-electron chi connectivity index (χ1n) is 5.20. The number of hydrogen-bond acceptors (Lipinski definition) is 4. The van der Waals surface area contributed by atoms with Gasteiger partial charge in [-0.05, 0) is 5.56 Å². The second-order valence-electron chi connectivity index (χ2n) is 3.49. The Bertz CT molecular complexity index is 478. The third-order valence-electron chi connectivity index (χ3n) is 2.35. The van der Waals surface area contributed by atoms with E-state index in [0.29, 0.717) is 11.0 Å². The highest BCUT2D eigenvalue weighted by Crippen LogP contribution is 2.21. The van der Waals surface area contributed by atoms with Crippen LogP contribution in [0.5, 0.6) is 0 Å². The summed E-state index contributed by atoms with van der Waals surface area (Å²) in [6, 6.07) is 9.37. The molecule has 0 saturated heterocycles. The van der Waals surface area contributed by atoms with Crippen molar-refractivity contribution in [2.24, 2.45) is 0 Å². The van der Waals surface area contributed by atoms with E-state index in [1.807, 2.05) is 30.3 Å². The van der Waals surface area contributed by atoms with Gasteiger partial charge in [0, 0.05) is 12.4 Å². The van der Waals surface area contributed by atoms with Crippen molar-refractivity contribution in [1.29, 1.82) is 0 Å². The Balaban J connectivity index is 2.19. The molecule has 2 aromatic rings. The Morgan fingerprint density at radius 3 is 2.53 bits per heavy atom. The van der Waals surface area contributed by atoms with Gasteiger partial charge in [0.05, 0.1) is 12.6 Å². The number of benzene rings is 1. The van der Waals surface area contributed by atoms with Crippen LogP contribution in [-0.2, 0) is 0 Å². The number of nitrogens with zero attached hydrogens (tertiary/aromatic N) is 2. The Morgan fingerprint density at radius 2 is 1.88 bits per heavy atom. The predicted molar refractivity (Wildman–Crippen MR) is 66.9 cm³/mol. The van der Waals surface area contributed by atoms with E-state index in [1.165, 1.54) is 6.20 Å². The van der Waals surface area contributed by atoms with Crippen molar-refractivity contribution in [3.63, 3.8) is 0 Å². The van der Waals surface area contributed by atoms with E-state index in [-0.39, 0.29) is 12.6 Å². The Kier molecular flexibility index (Phi) is 3.90. The highest BCUT2D eigenvalue weighted by Gasteiger charge is 2.12. The standard InChI is InChI=1S/C12H12ClN3O/c13-11-12(15-7-6-14-11)16-10(8-17)9-4-2-1-3-5-9/h1-7,10,17H,8H2,(H,15,16)/t10-/m0/s1.